The van der Waals surface area contributed by atoms with Gasteiger partial charge in [-0.15, -0.1) is 0 Å². The summed E-state index contributed by atoms with van der Waals surface area (Å²) in [6.07, 6.45) is 0. The van der Waals surface area contributed by atoms with Crippen LogP contribution in [0.2, 0.25) is 0 Å². The summed E-state index contributed by atoms with van der Waals surface area (Å²) in [5.41, 5.74) is 3.63. The van der Waals surface area contributed by atoms with Gasteiger partial charge in [0, 0.05) is 16.1 Å². The number of hydrazine groups is 1. The van der Waals surface area contributed by atoms with Gasteiger partial charge in [-0.2, -0.15) is 0 Å². The van der Waals surface area contributed by atoms with E-state index < -0.39 is 5.91 Å². The Morgan fingerprint density at radius 1 is 1.47 bits per heavy atom. The number of amides is 1. The van der Waals surface area contributed by atoms with Crippen LogP contribution in [0, 0.1) is 20.8 Å². The van der Waals surface area contributed by atoms with Crippen molar-refractivity contribution < 1.29 is 9.21 Å². The lowest BCUT2D eigenvalue weighted by Crippen LogP contribution is -2.30. The normalized spacial score (nSPS) is 10.7. The molecule has 2 rings (SSSR count). The summed E-state index contributed by atoms with van der Waals surface area (Å²) < 4.78 is 7.07. The first kappa shape index (κ1) is 13.6. The summed E-state index contributed by atoms with van der Waals surface area (Å²) in [5, 5.41) is 0. The van der Waals surface area contributed by atoms with Gasteiger partial charge < -0.3 is 4.42 Å². The fraction of sp³-hybridized carbons (Fsp3) is 0.333. The molecule has 0 fully saturated rings. The average Bonchev–Trinajstić information content (AvgIpc) is 2.84. The van der Waals surface area contributed by atoms with E-state index in [2.05, 4.69) is 0 Å². The van der Waals surface area contributed by atoms with Gasteiger partial charge in [0.15, 0.2) is 5.76 Å². The zero-order valence-corrected chi connectivity index (χ0v) is 11.8. The van der Waals surface area contributed by atoms with Gasteiger partial charge in [0.05, 0.1) is 6.54 Å². The van der Waals surface area contributed by atoms with E-state index in [4.69, 9.17) is 10.3 Å². The first-order valence-corrected chi connectivity index (χ1v) is 6.52. The lowest BCUT2D eigenvalue weighted by Gasteiger charge is -2.02. The van der Waals surface area contributed by atoms with Crippen molar-refractivity contribution in [2.75, 3.05) is 0 Å². The maximum absolute atomic E-state index is 11.8. The second kappa shape index (κ2) is 5.02. The number of aromatic nitrogens is 1. The van der Waals surface area contributed by atoms with Crippen molar-refractivity contribution >= 4 is 17.2 Å². The van der Waals surface area contributed by atoms with Gasteiger partial charge in [0.1, 0.15) is 5.76 Å². The van der Waals surface area contributed by atoms with Gasteiger partial charge in [-0.1, -0.05) is 11.3 Å². The number of hydrogen-bond donors (Lipinski definition) is 2. The highest BCUT2D eigenvalue weighted by Gasteiger charge is 2.16. The van der Waals surface area contributed by atoms with Crippen LogP contribution in [0.1, 0.15) is 32.4 Å². The smallest absolute Gasteiger partial charge is 0.307 e. The van der Waals surface area contributed by atoms with E-state index in [-0.39, 0.29) is 10.6 Å². The van der Waals surface area contributed by atoms with Gasteiger partial charge in [-0.3, -0.25) is 19.6 Å². The van der Waals surface area contributed by atoms with Crippen LogP contribution < -0.4 is 16.1 Å². The van der Waals surface area contributed by atoms with Crippen molar-refractivity contribution in [1.82, 2.24) is 9.99 Å². The number of aryl methyl sites for hydroxylation is 2. The lowest BCUT2D eigenvalue weighted by atomic mass is 10.2. The minimum absolute atomic E-state index is 0.0334. The van der Waals surface area contributed by atoms with Gasteiger partial charge in [-0.25, -0.2) is 5.84 Å². The molecule has 2 heterocycles. The highest BCUT2D eigenvalue weighted by Crippen LogP contribution is 2.17. The molecule has 19 heavy (non-hydrogen) atoms. The molecule has 1 amide bonds. The molecule has 0 aliphatic carbocycles. The number of hydrogen-bond acceptors (Lipinski definition) is 5. The van der Waals surface area contributed by atoms with E-state index in [9.17, 15) is 9.59 Å². The molecular weight excluding hydrogens is 266 g/mol. The summed E-state index contributed by atoms with van der Waals surface area (Å²) in [6.45, 7) is 5.86. The number of nitrogens with two attached hydrogens (primary N) is 1. The molecule has 0 radical (unpaired) electrons. The van der Waals surface area contributed by atoms with E-state index in [1.54, 1.807) is 17.6 Å². The third-order valence-corrected chi connectivity index (χ3v) is 3.99. The molecular formula is C12H15N3O3S. The largest absolute Gasteiger partial charge is 0.454 e. The van der Waals surface area contributed by atoms with Crippen molar-refractivity contribution in [2.24, 2.45) is 5.84 Å². The molecule has 3 N–H and O–H groups in total. The Bertz CT molecular complexity index is 681. The quantitative estimate of drug-likeness (QED) is 0.500. The van der Waals surface area contributed by atoms with Crippen LogP contribution in [0.25, 0.3) is 0 Å². The van der Waals surface area contributed by atoms with E-state index in [0.29, 0.717) is 17.9 Å². The first-order chi connectivity index (χ1) is 8.93. The maximum Gasteiger partial charge on any atom is 0.307 e. The molecule has 0 aliphatic heterocycles. The van der Waals surface area contributed by atoms with Crippen LogP contribution in [0.4, 0.5) is 0 Å². The number of carbonyl (C=O) groups is 1. The summed E-state index contributed by atoms with van der Waals surface area (Å²) in [5.74, 6) is 5.33. The van der Waals surface area contributed by atoms with Gasteiger partial charge in [-0.05, 0) is 26.8 Å². The number of nitrogen functional groups attached to an aromatic ring is 1. The summed E-state index contributed by atoms with van der Waals surface area (Å²) in [6, 6.07) is 1.74. The van der Waals surface area contributed by atoms with Crippen molar-refractivity contribution in [3.63, 3.8) is 0 Å². The molecule has 0 spiro atoms. The van der Waals surface area contributed by atoms with E-state index in [0.717, 1.165) is 10.6 Å². The number of nitrogens with zero attached hydrogens (tertiary/aromatic N) is 1. The molecule has 2 aromatic rings. The van der Waals surface area contributed by atoms with E-state index in [1.807, 2.05) is 19.3 Å². The van der Waals surface area contributed by atoms with Crippen LogP contribution >= 0.6 is 11.3 Å². The van der Waals surface area contributed by atoms with Crippen LogP contribution in [-0.2, 0) is 6.54 Å². The standard InChI is InChI=1S/C12H15N3O3S/c1-6-4-9(18-10(6)11(16)14-13)5-15-7(2)8(3)19-12(15)17/h4H,5,13H2,1-3H3,(H,14,16). The summed E-state index contributed by atoms with van der Waals surface area (Å²) >= 11 is 1.20. The fourth-order valence-corrected chi connectivity index (χ4v) is 2.67. The van der Waals surface area contributed by atoms with Crippen molar-refractivity contribution in [3.05, 3.63) is 43.4 Å². The van der Waals surface area contributed by atoms with Crippen LogP contribution in [0.5, 0.6) is 0 Å². The first-order valence-electron chi connectivity index (χ1n) is 5.71. The number of furan rings is 1. The number of rotatable bonds is 3. The summed E-state index contributed by atoms with van der Waals surface area (Å²) in [7, 11) is 0. The van der Waals surface area contributed by atoms with Crippen LogP contribution in [-0.4, -0.2) is 10.5 Å². The molecule has 0 aromatic carbocycles. The zero-order chi connectivity index (χ0) is 14.2. The Morgan fingerprint density at radius 3 is 2.68 bits per heavy atom. The number of thiazole rings is 1. The molecule has 0 atom stereocenters. The average molecular weight is 281 g/mol. The third-order valence-electron chi connectivity index (χ3n) is 3.00. The molecule has 102 valence electrons. The van der Waals surface area contributed by atoms with Gasteiger partial charge in [0.2, 0.25) is 0 Å². The minimum Gasteiger partial charge on any atom is -0.454 e. The van der Waals surface area contributed by atoms with Crippen molar-refractivity contribution in [2.45, 2.75) is 27.3 Å². The molecule has 6 nitrogen and oxygen atoms in total. The molecule has 2 aromatic heterocycles. The third kappa shape index (κ3) is 2.47. The van der Waals surface area contributed by atoms with Gasteiger partial charge in [0.25, 0.3) is 0 Å². The SMILES string of the molecule is Cc1cc(Cn2c(C)c(C)sc2=O)oc1C(=O)NN. The number of carbonyl (C=O) groups excluding carboxylic acids is 1. The highest BCUT2D eigenvalue weighted by atomic mass is 32.1. The zero-order valence-electron chi connectivity index (χ0n) is 10.9. The van der Waals surface area contributed by atoms with E-state index in [1.165, 1.54) is 11.3 Å². The Kier molecular flexibility index (Phi) is 3.59. The molecule has 0 saturated heterocycles. The second-order valence-electron chi connectivity index (χ2n) is 4.29. The molecule has 0 aliphatic rings. The Balaban J connectivity index is 2.34. The lowest BCUT2D eigenvalue weighted by molar-refractivity contribution is 0.0923. The topological polar surface area (TPSA) is 90.3 Å². The maximum atomic E-state index is 11.8. The van der Waals surface area contributed by atoms with E-state index >= 15 is 0 Å². The second-order valence-corrected chi connectivity index (χ2v) is 5.46. The molecule has 0 bridgehead atoms. The Labute approximate surface area is 113 Å². The van der Waals surface area contributed by atoms with Gasteiger partial charge >= 0.3 is 10.8 Å². The Morgan fingerprint density at radius 2 is 2.16 bits per heavy atom. The number of nitrogens with one attached hydrogen (secondary N) is 1. The molecule has 0 saturated carbocycles. The Hall–Kier alpha value is -1.86. The predicted octanol–water partition coefficient (Wildman–Crippen LogP) is 1.08. The predicted molar refractivity (Wildman–Crippen MR) is 72.3 cm³/mol. The van der Waals surface area contributed by atoms with Crippen LogP contribution in [0.3, 0.4) is 0 Å². The molecule has 7 heteroatoms. The summed E-state index contributed by atoms with van der Waals surface area (Å²) in [4.78, 5) is 24.2. The highest BCUT2D eigenvalue weighted by molar-refractivity contribution is 7.09. The monoisotopic (exact) mass is 281 g/mol. The molecule has 0 unspecified atom stereocenters. The fourth-order valence-electron chi connectivity index (χ4n) is 1.84. The van der Waals surface area contributed by atoms with Crippen LogP contribution in [0.15, 0.2) is 15.3 Å². The van der Waals surface area contributed by atoms with Crippen molar-refractivity contribution in [1.29, 1.82) is 0 Å². The van der Waals surface area contributed by atoms with Crippen molar-refractivity contribution in [3.8, 4) is 0 Å². The minimum atomic E-state index is -0.477.